The van der Waals surface area contributed by atoms with Crippen molar-refractivity contribution in [1.82, 2.24) is 0 Å². The molecule has 0 spiro atoms. The molecule has 0 saturated heterocycles. The Morgan fingerprint density at radius 2 is 1.77 bits per heavy atom. The van der Waals surface area contributed by atoms with E-state index >= 15 is 0 Å². The highest BCUT2D eigenvalue weighted by Gasteiger charge is 2.30. The average molecular weight is 387 g/mol. The number of hydrogen-bond donors (Lipinski definition) is 2. The zero-order valence-electron chi connectivity index (χ0n) is 13.4. The maximum atomic E-state index is 12.5. The SMILES string of the molecule is CC(Oc1ccc(Cl)cc1C(N)=O)C(=O)Nc1ccc(C(F)(F)F)cc1. The summed E-state index contributed by atoms with van der Waals surface area (Å²) in [6.07, 6.45) is -5.50. The fraction of sp³-hybridized carbons (Fsp3) is 0.176. The molecule has 0 saturated carbocycles. The molecule has 2 aromatic carbocycles. The number of alkyl halides is 3. The first-order valence-corrected chi connectivity index (χ1v) is 7.70. The van der Waals surface area contributed by atoms with E-state index in [-0.39, 0.29) is 22.0 Å². The smallest absolute Gasteiger partial charge is 0.416 e. The van der Waals surface area contributed by atoms with Crippen LogP contribution in [0.25, 0.3) is 0 Å². The van der Waals surface area contributed by atoms with E-state index in [0.29, 0.717) is 0 Å². The van der Waals surface area contributed by atoms with Crippen LogP contribution in [-0.4, -0.2) is 17.9 Å². The van der Waals surface area contributed by atoms with Gasteiger partial charge in [0.15, 0.2) is 6.10 Å². The molecule has 0 aromatic heterocycles. The summed E-state index contributed by atoms with van der Waals surface area (Å²) in [5.41, 5.74) is 4.59. The third kappa shape index (κ3) is 4.89. The van der Waals surface area contributed by atoms with E-state index in [1.54, 1.807) is 0 Å². The summed E-state index contributed by atoms with van der Waals surface area (Å²) in [6, 6.07) is 8.13. The summed E-state index contributed by atoms with van der Waals surface area (Å²) in [7, 11) is 0. The van der Waals surface area contributed by atoms with E-state index < -0.39 is 29.7 Å². The normalized spacial score (nSPS) is 12.3. The molecule has 1 unspecified atom stereocenters. The number of rotatable bonds is 5. The Hall–Kier alpha value is -2.74. The monoisotopic (exact) mass is 386 g/mol. The van der Waals surface area contributed by atoms with Crippen molar-refractivity contribution in [2.75, 3.05) is 5.32 Å². The summed E-state index contributed by atoms with van der Waals surface area (Å²) in [4.78, 5) is 23.6. The highest BCUT2D eigenvalue weighted by Crippen LogP contribution is 2.30. The third-order valence-electron chi connectivity index (χ3n) is 3.36. The second-order valence-electron chi connectivity index (χ2n) is 5.33. The fourth-order valence-electron chi connectivity index (χ4n) is 2.03. The molecule has 0 aliphatic rings. The third-order valence-corrected chi connectivity index (χ3v) is 3.59. The predicted molar refractivity (Wildman–Crippen MR) is 90.1 cm³/mol. The number of nitrogens with one attached hydrogen (secondary N) is 1. The summed E-state index contributed by atoms with van der Waals surface area (Å²) >= 11 is 5.79. The van der Waals surface area contributed by atoms with Gasteiger partial charge in [-0.25, -0.2) is 0 Å². The molecule has 1 atom stereocenters. The van der Waals surface area contributed by atoms with Gasteiger partial charge in [0.1, 0.15) is 5.75 Å². The molecule has 3 N–H and O–H groups in total. The van der Waals surface area contributed by atoms with Gasteiger partial charge in [-0.05, 0) is 49.4 Å². The first-order valence-electron chi connectivity index (χ1n) is 7.32. The fourth-order valence-corrected chi connectivity index (χ4v) is 2.20. The number of anilines is 1. The van der Waals surface area contributed by atoms with Crippen molar-refractivity contribution in [2.45, 2.75) is 19.2 Å². The Morgan fingerprint density at radius 1 is 1.15 bits per heavy atom. The number of benzene rings is 2. The Balaban J connectivity index is 2.08. The number of halogens is 4. The van der Waals surface area contributed by atoms with Crippen LogP contribution in [0.5, 0.6) is 5.75 Å². The first kappa shape index (κ1) is 19.6. The molecule has 2 rings (SSSR count). The van der Waals surface area contributed by atoms with Crippen LogP contribution in [0.1, 0.15) is 22.8 Å². The van der Waals surface area contributed by atoms with Gasteiger partial charge in [-0.15, -0.1) is 0 Å². The molecule has 0 radical (unpaired) electrons. The van der Waals surface area contributed by atoms with Crippen LogP contribution in [-0.2, 0) is 11.0 Å². The van der Waals surface area contributed by atoms with Crippen molar-refractivity contribution >= 4 is 29.1 Å². The van der Waals surface area contributed by atoms with Crippen molar-refractivity contribution in [1.29, 1.82) is 0 Å². The van der Waals surface area contributed by atoms with Crippen molar-refractivity contribution in [3.63, 3.8) is 0 Å². The minimum atomic E-state index is -4.46. The second-order valence-corrected chi connectivity index (χ2v) is 5.77. The molecule has 138 valence electrons. The van der Waals surface area contributed by atoms with Gasteiger partial charge in [0.05, 0.1) is 11.1 Å². The van der Waals surface area contributed by atoms with Crippen LogP contribution in [0, 0.1) is 0 Å². The van der Waals surface area contributed by atoms with Crippen molar-refractivity contribution < 1.29 is 27.5 Å². The molecule has 26 heavy (non-hydrogen) atoms. The van der Waals surface area contributed by atoms with E-state index in [0.717, 1.165) is 24.3 Å². The number of amides is 2. The van der Waals surface area contributed by atoms with E-state index in [4.69, 9.17) is 22.1 Å². The number of hydrogen-bond acceptors (Lipinski definition) is 3. The lowest BCUT2D eigenvalue weighted by molar-refractivity contribution is -0.137. The predicted octanol–water partition coefficient (Wildman–Crippen LogP) is 3.86. The molecule has 0 aliphatic carbocycles. The van der Waals surface area contributed by atoms with Crippen LogP contribution in [0.3, 0.4) is 0 Å². The lowest BCUT2D eigenvalue weighted by atomic mass is 10.2. The van der Waals surface area contributed by atoms with Crippen LogP contribution in [0.2, 0.25) is 5.02 Å². The summed E-state index contributed by atoms with van der Waals surface area (Å²) < 4.78 is 43.0. The lowest BCUT2D eigenvalue weighted by Crippen LogP contribution is -2.31. The molecule has 2 aromatic rings. The first-order chi connectivity index (χ1) is 12.1. The molecule has 9 heteroatoms. The van der Waals surface area contributed by atoms with Crippen LogP contribution >= 0.6 is 11.6 Å². The number of primary amides is 1. The van der Waals surface area contributed by atoms with Gasteiger partial charge in [-0.1, -0.05) is 11.6 Å². The van der Waals surface area contributed by atoms with E-state index in [2.05, 4.69) is 5.32 Å². The molecule has 0 heterocycles. The molecule has 2 amide bonds. The number of carbonyl (C=O) groups is 2. The lowest BCUT2D eigenvalue weighted by Gasteiger charge is -2.17. The summed E-state index contributed by atoms with van der Waals surface area (Å²) in [6.45, 7) is 1.42. The van der Waals surface area contributed by atoms with Crippen molar-refractivity contribution in [3.05, 3.63) is 58.6 Å². The minimum absolute atomic E-state index is 0.00619. The van der Waals surface area contributed by atoms with Gasteiger partial charge >= 0.3 is 6.18 Å². The standard InChI is InChI=1S/C17H14ClF3N2O3/c1-9(26-14-7-4-11(18)8-13(14)15(22)24)16(25)23-12-5-2-10(3-6-12)17(19,20)21/h2-9H,1H3,(H2,22,24)(H,23,25). The maximum Gasteiger partial charge on any atom is 0.416 e. The summed E-state index contributed by atoms with van der Waals surface area (Å²) in [5.74, 6) is -1.33. The topological polar surface area (TPSA) is 81.4 Å². The van der Waals surface area contributed by atoms with E-state index in [1.807, 2.05) is 0 Å². The average Bonchev–Trinajstić information content (AvgIpc) is 2.55. The Labute approximate surface area is 151 Å². The van der Waals surface area contributed by atoms with Crippen LogP contribution in [0.15, 0.2) is 42.5 Å². The maximum absolute atomic E-state index is 12.5. The summed E-state index contributed by atoms with van der Waals surface area (Å²) in [5, 5.41) is 2.70. The molecule has 0 aliphatic heterocycles. The quantitative estimate of drug-likeness (QED) is 0.818. The van der Waals surface area contributed by atoms with Crippen molar-refractivity contribution in [3.8, 4) is 5.75 Å². The molecule has 5 nitrogen and oxygen atoms in total. The Morgan fingerprint density at radius 3 is 2.31 bits per heavy atom. The zero-order chi connectivity index (χ0) is 19.5. The van der Waals surface area contributed by atoms with E-state index in [9.17, 15) is 22.8 Å². The van der Waals surface area contributed by atoms with Crippen LogP contribution < -0.4 is 15.8 Å². The largest absolute Gasteiger partial charge is 0.480 e. The van der Waals surface area contributed by atoms with Crippen molar-refractivity contribution in [2.24, 2.45) is 5.73 Å². The zero-order valence-corrected chi connectivity index (χ0v) is 14.2. The number of carbonyl (C=O) groups excluding carboxylic acids is 2. The molecule has 0 fully saturated rings. The second kappa shape index (κ2) is 7.65. The minimum Gasteiger partial charge on any atom is -0.480 e. The highest BCUT2D eigenvalue weighted by molar-refractivity contribution is 6.31. The van der Waals surface area contributed by atoms with E-state index in [1.165, 1.54) is 25.1 Å². The van der Waals surface area contributed by atoms with Gasteiger partial charge in [-0.2, -0.15) is 13.2 Å². The van der Waals surface area contributed by atoms with Gasteiger partial charge < -0.3 is 15.8 Å². The number of nitrogens with two attached hydrogens (primary N) is 1. The molecule has 0 bridgehead atoms. The van der Waals surface area contributed by atoms with Gasteiger partial charge in [-0.3, -0.25) is 9.59 Å². The van der Waals surface area contributed by atoms with Gasteiger partial charge in [0.25, 0.3) is 11.8 Å². The van der Waals surface area contributed by atoms with Gasteiger partial charge in [0.2, 0.25) is 0 Å². The molecular weight excluding hydrogens is 373 g/mol. The van der Waals surface area contributed by atoms with Crippen LogP contribution in [0.4, 0.5) is 18.9 Å². The number of ether oxygens (including phenoxy) is 1. The molecular formula is C17H14ClF3N2O3. The Kier molecular flexibility index (Phi) is 5.76. The Bertz CT molecular complexity index is 823. The van der Waals surface area contributed by atoms with Gasteiger partial charge in [0, 0.05) is 10.7 Å². The highest BCUT2D eigenvalue weighted by atomic mass is 35.5.